The number of esters is 1. The summed E-state index contributed by atoms with van der Waals surface area (Å²) >= 11 is 5.83. The lowest BCUT2D eigenvalue weighted by Gasteiger charge is -2.11. The summed E-state index contributed by atoms with van der Waals surface area (Å²) in [6, 6.07) is 3.08. The number of rotatable bonds is 4. The van der Waals surface area contributed by atoms with Gasteiger partial charge >= 0.3 is 5.97 Å². The molecule has 0 atom stereocenters. The molecule has 0 amide bonds. The number of methoxy groups -OCH3 is 2. The third-order valence-electron chi connectivity index (χ3n) is 2.19. The van der Waals surface area contributed by atoms with E-state index in [2.05, 4.69) is 23.0 Å². The van der Waals surface area contributed by atoms with E-state index < -0.39 is 5.97 Å². The molecule has 0 fully saturated rings. The summed E-state index contributed by atoms with van der Waals surface area (Å²) in [7, 11) is 2.74. The van der Waals surface area contributed by atoms with E-state index in [9.17, 15) is 4.79 Å². The third kappa shape index (κ3) is 2.65. The van der Waals surface area contributed by atoms with E-state index >= 15 is 0 Å². The highest BCUT2D eigenvalue weighted by Crippen LogP contribution is 2.34. The van der Waals surface area contributed by atoms with Crippen LogP contribution in [-0.2, 0) is 4.74 Å². The van der Waals surface area contributed by atoms with Crippen molar-refractivity contribution in [3.63, 3.8) is 0 Å². The van der Waals surface area contributed by atoms with Gasteiger partial charge in [0.15, 0.2) is 0 Å². The number of benzene rings is 1. The van der Waals surface area contributed by atoms with Crippen LogP contribution in [0.2, 0.25) is 0 Å². The average Bonchev–Trinajstić information content (AvgIpc) is 2.35. The maximum absolute atomic E-state index is 11.5. The molecule has 0 spiro atoms. The second-order valence-electron chi connectivity index (χ2n) is 3.12. The van der Waals surface area contributed by atoms with Crippen molar-refractivity contribution >= 4 is 35.0 Å². The Bertz CT molecular complexity index is 483. The fourth-order valence-electron chi connectivity index (χ4n) is 1.36. The quantitative estimate of drug-likeness (QED) is 0.612. The van der Waals surface area contributed by atoms with Crippen molar-refractivity contribution in [1.82, 2.24) is 0 Å². The van der Waals surface area contributed by atoms with Crippen molar-refractivity contribution in [2.75, 3.05) is 14.2 Å². The Labute approximate surface area is 105 Å². The van der Waals surface area contributed by atoms with Gasteiger partial charge in [0.2, 0.25) is 0 Å². The molecular formula is C12H12ClNO3. The summed E-state index contributed by atoms with van der Waals surface area (Å²) < 4.78 is 9.73. The molecule has 0 aliphatic carbocycles. The fraction of sp³-hybridized carbons (Fsp3) is 0.167. The lowest BCUT2D eigenvalue weighted by Crippen LogP contribution is -2.04. The standard InChI is InChI=1S/C12H12ClNO3/c1-7(13)8-5-9(12(15)17-4)11(16-3)6-10(8)14-2/h5-6H,1-2H2,3-4H3. The Morgan fingerprint density at radius 1 is 1.35 bits per heavy atom. The van der Waals surface area contributed by atoms with Crippen LogP contribution in [0.4, 0.5) is 5.69 Å². The lowest BCUT2D eigenvalue weighted by molar-refractivity contribution is 0.0597. The molecule has 0 heterocycles. The van der Waals surface area contributed by atoms with Crippen LogP contribution >= 0.6 is 11.6 Å². The van der Waals surface area contributed by atoms with E-state index in [4.69, 9.17) is 16.3 Å². The normalized spacial score (nSPS) is 9.59. The molecule has 5 heteroatoms. The topological polar surface area (TPSA) is 47.9 Å². The van der Waals surface area contributed by atoms with Gasteiger partial charge in [0.1, 0.15) is 11.3 Å². The fourth-order valence-corrected chi connectivity index (χ4v) is 1.51. The van der Waals surface area contributed by atoms with Crippen molar-refractivity contribution in [3.8, 4) is 5.75 Å². The molecule has 0 N–H and O–H groups in total. The average molecular weight is 254 g/mol. The molecule has 4 nitrogen and oxygen atoms in total. The van der Waals surface area contributed by atoms with Gasteiger partial charge in [0.05, 0.1) is 19.9 Å². The number of hydrogen-bond acceptors (Lipinski definition) is 4. The highest BCUT2D eigenvalue weighted by Gasteiger charge is 2.17. The van der Waals surface area contributed by atoms with Crippen LogP contribution in [0.15, 0.2) is 23.7 Å². The van der Waals surface area contributed by atoms with Crippen molar-refractivity contribution in [3.05, 3.63) is 29.8 Å². The van der Waals surface area contributed by atoms with Crippen molar-refractivity contribution < 1.29 is 14.3 Å². The van der Waals surface area contributed by atoms with E-state index in [1.165, 1.54) is 20.3 Å². The highest BCUT2D eigenvalue weighted by atomic mass is 35.5. The number of carbonyl (C=O) groups is 1. The van der Waals surface area contributed by atoms with Gasteiger partial charge in [-0.25, -0.2) is 4.79 Å². The van der Waals surface area contributed by atoms with Gasteiger partial charge in [-0.2, -0.15) is 0 Å². The third-order valence-corrected chi connectivity index (χ3v) is 2.39. The molecule has 0 radical (unpaired) electrons. The van der Waals surface area contributed by atoms with Crippen molar-refractivity contribution in [2.24, 2.45) is 4.99 Å². The van der Waals surface area contributed by atoms with Crippen LogP contribution in [0.1, 0.15) is 15.9 Å². The van der Waals surface area contributed by atoms with E-state index in [0.29, 0.717) is 17.0 Å². The molecule has 0 saturated heterocycles. The highest BCUT2D eigenvalue weighted by molar-refractivity contribution is 6.48. The zero-order chi connectivity index (χ0) is 13.0. The van der Waals surface area contributed by atoms with Gasteiger partial charge in [-0.1, -0.05) is 18.2 Å². The Kier molecular flexibility index (Phi) is 4.29. The Hall–Kier alpha value is -1.81. The molecule has 0 aliphatic rings. The van der Waals surface area contributed by atoms with E-state index in [0.717, 1.165) is 0 Å². The summed E-state index contributed by atoms with van der Waals surface area (Å²) in [6.07, 6.45) is 0. The van der Waals surface area contributed by atoms with E-state index in [-0.39, 0.29) is 10.6 Å². The second kappa shape index (κ2) is 5.50. The van der Waals surface area contributed by atoms with Gasteiger partial charge in [0, 0.05) is 16.7 Å². The molecule has 90 valence electrons. The summed E-state index contributed by atoms with van der Waals surface area (Å²) in [5.41, 5.74) is 1.27. The predicted molar refractivity (Wildman–Crippen MR) is 68.4 cm³/mol. The summed E-state index contributed by atoms with van der Waals surface area (Å²) in [6.45, 7) is 7.02. The Morgan fingerprint density at radius 2 is 2.00 bits per heavy atom. The first-order chi connectivity index (χ1) is 8.04. The summed E-state index contributed by atoms with van der Waals surface area (Å²) in [4.78, 5) is 15.3. The van der Waals surface area contributed by atoms with Crippen LogP contribution in [0.5, 0.6) is 5.75 Å². The molecule has 0 saturated carbocycles. The number of hydrogen-bond donors (Lipinski definition) is 0. The minimum Gasteiger partial charge on any atom is -0.496 e. The number of nitrogens with zero attached hydrogens (tertiary/aromatic N) is 1. The monoisotopic (exact) mass is 253 g/mol. The summed E-state index contributed by atoms with van der Waals surface area (Å²) in [5.74, 6) is -0.169. The zero-order valence-electron chi connectivity index (χ0n) is 9.62. The molecule has 1 aromatic carbocycles. The largest absolute Gasteiger partial charge is 0.496 e. The molecule has 0 unspecified atom stereocenters. The van der Waals surface area contributed by atoms with Crippen LogP contribution in [-0.4, -0.2) is 26.9 Å². The van der Waals surface area contributed by atoms with Crippen LogP contribution in [0.3, 0.4) is 0 Å². The van der Waals surface area contributed by atoms with E-state index in [1.807, 2.05) is 0 Å². The molecule has 1 rings (SSSR count). The number of ether oxygens (including phenoxy) is 2. The Balaban J connectivity index is 3.49. The van der Waals surface area contributed by atoms with E-state index in [1.54, 1.807) is 6.07 Å². The first-order valence-electron chi connectivity index (χ1n) is 4.67. The van der Waals surface area contributed by atoms with Crippen LogP contribution < -0.4 is 4.74 Å². The molecule has 1 aromatic rings. The summed E-state index contributed by atoms with van der Waals surface area (Å²) in [5, 5.41) is 0.264. The van der Waals surface area contributed by atoms with Crippen LogP contribution in [0.25, 0.3) is 5.03 Å². The maximum atomic E-state index is 11.5. The first kappa shape index (κ1) is 13.3. The zero-order valence-corrected chi connectivity index (χ0v) is 10.4. The maximum Gasteiger partial charge on any atom is 0.341 e. The van der Waals surface area contributed by atoms with Gasteiger partial charge in [0.25, 0.3) is 0 Å². The van der Waals surface area contributed by atoms with Gasteiger partial charge < -0.3 is 9.47 Å². The molecule has 0 aliphatic heterocycles. The Morgan fingerprint density at radius 3 is 2.41 bits per heavy atom. The number of aliphatic imine (C=N–C) groups is 1. The SMILES string of the molecule is C=Nc1cc(OC)c(C(=O)OC)cc1C(=C)Cl. The van der Waals surface area contributed by atoms with Gasteiger partial charge in [-0.05, 0) is 12.8 Å². The second-order valence-corrected chi connectivity index (χ2v) is 3.58. The predicted octanol–water partition coefficient (Wildman–Crippen LogP) is 3.02. The van der Waals surface area contributed by atoms with Gasteiger partial charge in [-0.15, -0.1) is 0 Å². The number of halogens is 1. The molecule has 0 bridgehead atoms. The van der Waals surface area contributed by atoms with Crippen molar-refractivity contribution in [2.45, 2.75) is 0 Å². The number of carbonyl (C=O) groups excluding carboxylic acids is 1. The molecule has 17 heavy (non-hydrogen) atoms. The molecular weight excluding hydrogens is 242 g/mol. The van der Waals surface area contributed by atoms with Gasteiger partial charge in [-0.3, -0.25) is 4.99 Å². The lowest BCUT2D eigenvalue weighted by atomic mass is 10.1. The molecule has 0 aromatic heterocycles. The first-order valence-corrected chi connectivity index (χ1v) is 5.04. The van der Waals surface area contributed by atoms with Crippen molar-refractivity contribution in [1.29, 1.82) is 0 Å². The smallest absolute Gasteiger partial charge is 0.341 e. The van der Waals surface area contributed by atoms with Crippen LogP contribution in [0, 0.1) is 0 Å². The minimum absolute atomic E-state index is 0.263. The minimum atomic E-state index is -0.517.